The second kappa shape index (κ2) is 7.69. The number of nitrogens with zero attached hydrogens (tertiary/aromatic N) is 4. The first-order valence-corrected chi connectivity index (χ1v) is 7.70. The van der Waals surface area contributed by atoms with Gasteiger partial charge in [0.2, 0.25) is 11.8 Å². The molecule has 8 nitrogen and oxygen atoms in total. The van der Waals surface area contributed by atoms with Gasteiger partial charge < -0.3 is 19.5 Å². The monoisotopic (exact) mass is 330 g/mol. The summed E-state index contributed by atoms with van der Waals surface area (Å²) >= 11 is 0. The molecule has 0 atom stereocenters. The van der Waals surface area contributed by atoms with Gasteiger partial charge in [-0.15, -0.1) is 0 Å². The first-order chi connectivity index (χ1) is 11.7. The summed E-state index contributed by atoms with van der Waals surface area (Å²) in [4.78, 5) is 25.8. The second-order valence-corrected chi connectivity index (χ2v) is 5.22. The van der Waals surface area contributed by atoms with E-state index in [0.29, 0.717) is 45.3 Å². The summed E-state index contributed by atoms with van der Waals surface area (Å²) in [7, 11) is 0. The number of anilines is 1. The fourth-order valence-electron chi connectivity index (χ4n) is 2.31. The number of ether oxygens (including phenoxy) is 2. The second-order valence-electron chi connectivity index (χ2n) is 5.22. The van der Waals surface area contributed by atoms with Crippen LogP contribution < -0.4 is 9.64 Å². The molecule has 8 heteroatoms. The van der Waals surface area contributed by atoms with Gasteiger partial charge in [-0.05, 0) is 12.1 Å². The van der Waals surface area contributed by atoms with Crippen molar-refractivity contribution >= 4 is 11.9 Å². The molecule has 0 aliphatic carbocycles. The SMILES string of the molecule is O=C(O)c1cc(OCCc2ccccn2)nc(N2CCOCC2)n1. The molecule has 0 saturated carbocycles. The van der Waals surface area contributed by atoms with Crippen molar-refractivity contribution in [1.29, 1.82) is 0 Å². The summed E-state index contributed by atoms with van der Waals surface area (Å²) in [5.41, 5.74) is 0.817. The molecule has 2 aromatic rings. The fourth-order valence-corrected chi connectivity index (χ4v) is 2.31. The van der Waals surface area contributed by atoms with Crippen LogP contribution in [0.5, 0.6) is 5.88 Å². The lowest BCUT2D eigenvalue weighted by atomic mass is 10.3. The normalized spacial score (nSPS) is 14.4. The largest absolute Gasteiger partial charge is 0.477 e. The molecule has 1 saturated heterocycles. The van der Waals surface area contributed by atoms with E-state index in [0.717, 1.165) is 5.69 Å². The van der Waals surface area contributed by atoms with Gasteiger partial charge in [-0.2, -0.15) is 4.98 Å². The number of morpholine rings is 1. The van der Waals surface area contributed by atoms with Crippen molar-refractivity contribution < 1.29 is 19.4 Å². The lowest BCUT2D eigenvalue weighted by Gasteiger charge is -2.27. The van der Waals surface area contributed by atoms with Crippen molar-refractivity contribution in [3.05, 3.63) is 41.9 Å². The van der Waals surface area contributed by atoms with Gasteiger partial charge in [-0.25, -0.2) is 9.78 Å². The van der Waals surface area contributed by atoms with Crippen molar-refractivity contribution in [3.8, 4) is 5.88 Å². The summed E-state index contributed by atoms with van der Waals surface area (Å²) in [6.45, 7) is 2.73. The molecule has 1 aliphatic rings. The maximum atomic E-state index is 11.3. The Morgan fingerprint density at radius 1 is 1.29 bits per heavy atom. The number of aromatic carboxylic acids is 1. The molecule has 1 fully saturated rings. The Morgan fingerprint density at radius 2 is 2.12 bits per heavy atom. The molecule has 1 N–H and O–H groups in total. The quantitative estimate of drug-likeness (QED) is 0.838. The van der Waals surface area contributed by atoms with Gasteiger partial charge in [0.25, 0.3) is 0 Å². The molecule has 0 spiro atoms. The highest BCUT2D eigenvalue weighted by atomic mass is 16.5. The van der Waals surface area contributed by atoms with Gasteiger partial charge in [-0.1, -0.05) is 6.07 Å². The molecule has 3 heterocycles. The summed E-state index contributed by atoms with van der Waals surface area (Å²) < 4.78 is 10.9. The zero-order chi connectivity index (χ0) is 16.8. The standard InChI is InChI=1S/C16H18N4O4/c21-15(22)13-11-14(24-8-4-12-3-1-2-5-17-12)19-16(18-13)20-6-9-23-10-7-20/h1-3,5,11H,4,6-10H2,(H,21,22). The van der Waals surface area contributed by atoms with Gasteiger partial charge in [0.15, 0.2) is 5.69 Å². The maximum Gasteiger partial charge on any atom is 0.354 e. The predicted octanol–water partition coefficient (Wildman–Crippen LogP) is 1.03. The van der Waals surface area contributed by atoms with Crippen LogP contribution in [0.3, 0.4) is 0 Å². The minimum absolute atomic E-state index is 0.0840. The predicted molar refractivity (Wildman–Crippen MR) is 85.5 cm³/mol. The number of hydrogen-bond acceptors (Lipinski definition) is 7. The molecule has 126 valence electrons. The Morgan fingerprint density at radius 3 is 2.83 bits per heavy atom. The molecule has 2 aromatic heterocycles. The lowest BCUT2D eigenvalue weighted by Crippen LogP contribution is -2.37. The fraction of sp³-hybridized carbons (Fsp3) is 0.375. The van der Waals surface area contributed by atoms with Crippen LogP contribution in [-0.4, -0.2) is 58.9 Å². The summed E-state index contributed by atoms with van der Waals surface area (Å²) in [5.74, 6) is -0.507. The Bertz CT molecular complexity index is 690. The number of carboxylic acid groups (broad SMARTS) is 1. The van der Waals surface area contributed by atoms with Crippen molar-refractivity contribution in [2.24, 2.45) is 0 Å². The Hall–Kier alpha value is -2.74. The van der Waals surface area contributed by atoms with E-state index in [4.69, 9.17) is 9.47 Å². The Kier molecular flexibility index (Phi) is 5.17. The minimum Gasteiger partial charge on any atom is -0.477 e. The van der Waals surface area contributed by atoms with Crippen LogP contribution in [0, 0.1) is 0 Å². The van der Waals surface area contributed by atoms with Crippen LogP contribution in [0.15, 0.2) is 30.5 Å². The van der Waals surface area contributed by atoms with Crippen LogP contribution in [0.1, 0.15) is 16.2 Å². The Balaban J connectivity index is 1.71. The molecule has 0 unspecified atom stereocenters. The van der Waals surface area contributed by atoms with E-state index in [1.807, 2.05) is 23.1 Å². The van der Waals surface area contributed by atoms with Crippen LogP contribution >= 0.6 is 0 Å². The van der Waals surface area contributed by atoms with Gasteiger partial charge >= 0.3 is 5.97 Å². The van der Waals surface area contributed by atoms with E-state index >= 15 is 0 Å². The third kappa shape index (κ3) is 4.17. The first kappa shape index (κ1) is 16.1. The summed E-state index contributed by atoms with van der Waals surface area (Å²) in [5, 5.41) is 9.24. The molecular formula is C16H18N4O4. The zero-order valence-electron chi connectivity index (χ0n) is 13.1. The number of carbonyl (C=O) groups is 1. The summed E-state index contributed by atoms with van der Waals surface area (Å²) in [6.07, 6.45) is 2.33. The Labute approximate surface area is 139 Å². The maximum absolute atomic E-state index is 11.3. The van der Waals surface area contributed by atoms with E-state index in [-0.39, 0.29) is 11.6 Å². The molecule has 24 heavy (non-hydrogen) atoms. The van der Waals surface area contributed by atoms with Crippen molar-refractivity contribution in [3.63, 3.8) is 0 Å². The molecule has 0 amide bonds. The lowest BCUT2D eigenvalue weighted by molar-refractivity contribution is 0.0689. The third-order valence-electron chi connectivity index (χ3n) is 3.54. The first-order valence-electron chi connectivity index (χ1n) is 7.70. The highest BCUT2D eigenvalue weighted by molar-refractivity contribution is 5.86. The molecule has 3 rings (SSSR count). The van der Waals surface area contributed by atoms with E-state index in [1.165, 1.54) is 6.07 Å². The average molecular weight is 330 g/mol. The molecule has 0 aromatic carbocycles. The number of carboxylic acids is 1. The number of hydrogen-bond donors (Lipinski definition) is 1. The average Bonchev–Trinajstić information content (AvgIpc) is 2.63. The van der Waals surface area contributed by atoms with Crippen LogP contribution in [0.25, 0.3) is 0 Å². The van der Waals surface area contributed by atoms with Crippen molar-refractivity contribution in [1.82, 2.24) is 15.0 Å². The van der Waals surface area contributed by atoms with Gasteiger partial charge in [0.1, 0.15) is 0 Å². The van der Waals surface area contributed by atoms with E-state index in [9.17, 15) is 9.90 Å². The highest BCUT2D eigenvalue weighted by Crippen LogP contribution is 2.17. The van der Waals surface area contributed by atoms with Gasteiger partial charge in [0.05, 0.1) is 19.8 Å². The van der Waals surface area contributed by atoms with Gasteiger partial charge in [0, 0.05) is 37.5 Å². The van der Waals surface area contributed by atoms with Crippen LogP contribution in [0.2, 0.25) is 0 Å². The zero-order valence-corrected chi connectivity index (χ0v) is 13.1. The van der Waals surface area contributed by atoms with Crippen molar-refractivity contribution in [2.75, 3.05) is 37.8 Å². The van der Waals surface area contributed by atoms with E-state index < -0.39 is 5.97 Å². The smallest absolute Gasteiger partial charge is 0.354 e. The topological polar surface area (TPSA) is 97.7 Å². The molecular weight excluding hydrogens is 312 g/mol. The van der Waals surface area contributed by atoms with E-state index in [2.05, 4.69) is 15.0 Å². The van der Waals surface area contributed by atoms with Crippen molar-refractivity contribution in [2.45, 2.75) is 6.42 Å². The van der Waals surface area contributed by atoms with Crippen LogP contribution in [0.4, 0.5) is 5.95 Å². The van der Waals surface area contributed by atoms with Crippen LogP contribution in [-0.2, 0) is 11.2 Å². The van der Waals surface area contributed by atoms with Gasteiger partial charge in [-0.3, -0.25) is 4.98 Å². The molecule has 0 radical (unpaired) electrons. The number of aromatic nitrogens is 3. The molecule has 1 aliphatic heterocycles. The minimum atomic E-state index is -1.11. The highest BCUT2D eigenvalue weighted by Gasteiger charge is 2.18. The summed E-state index contributed by atoms with van der Waals surface area (Å²) in [6, 6.07) is 7.00. The number of pyridine rings is 1. The molecule has 0 bridgehead atoms. The van der Waals surface area contributed by atoms with E-state index in [1.54, 1.807) is 6.20 Å². The third-order valence-corrected chi connectivity index (χ3v) is 3.54. The number of rotatable bonds is 6.